The molecule has 2 rings (SSSR count). The van der Waals surface area contributed by atoms with E-state index in [9.17, 15) is 4.79 Å². The molecule has 0 saturated carbocycles. The Bertz CT molecular complexity index is 512. The van der Waals surface area contributed by atoms with Crippen molar-refractivity contribution in [3.8, 4) is 0 Å². The third-order valence-electron chi connectivity index (χ3n) is 3.70. The summed E-state index contributed by atoms with van der Waals surface area (Å²) in [6, 6.07) is 3.68. The minimum absolute atomic E-state index is 0.0677. The van der Waals surface area contributed by atoms with Gasteiger partial charge in [0.1, 0.15) is 0 Å². The third kappa shape index (κ3) is 3.32. The summed E-state index contributed by atoms with van der Waals surface area (Å²) < 4.78 is 0. The molecule has 108 valence electrons. The molecule has 0 aliphatic carbocycles. The maximum Gasteiger partial charge on any atom is 0.254 e. The summed E-state index contributed by atoms with van der Waals surface area (Å²) in [7, 11) is 0. The molecular formula is C14H20N4OS. The number of hydrogen-bond donors (Lipinski definition) is 1. The first-order valence-corrected chi connectivity index (χ1v) is 7.15. The van der Waals surface area contributed by atoms with Gasteiger partial charge in [-0.15, -0.1) is 0 Å². The van der Waals surface area contributed by atoms with Gasteiger partial charge in [-0.05, 0) is 26.0 Å². The number of thiocarbonyl (C=S) groups is 1. The van der Waals surface area contributed by atoms with Crippen molar-refractivity contribution in [2.45, 2.75) is 19.9 Å². The normalized spacial score (nSPS) is 17.8. The minimum Gasteiger partial charge on any atom is -0.392 e. The number of nitrogens with two attached hydrogens (primary N) is 1. The van der Waals surface area contributed by atoms with E-state index in [1.807, 2.05) is 24.8 Å². The number of aryl methyl sites for hydroxylation is 1. The largest absolute Gasteiger partial charge is 0.392 e. The SMILES string of the molecule is Cc1cc(C(=O)N2CCN(C(C)C(N)=S)CC2)ccn1. The first-order chi connectivity index (χ1) is 9.49. The fourth-order valence-corrected chi connectivity index (χ4v) is 2.50. The second-order valence-electron chi connectivity index (χ2n) is 5.09. The Morgan fingerprint density at radius 2 is 2.05 bits per heavy atom. The highest BCUT2D eigenvalue weighted by Crippen LogP contribution is 2.11. The summed E-state index contributed by atoms with van der Waals surface area (Å²) in [6.07, 6.45) is 1.67. The maximum atomic E-state index is 12.4. The molecule has 0 aromatic carbocycles. The Hall–Kier alpha value is -1.53. The number of carbonyl (C=O) groups excluding carboxylic acids is 1. The van der Waals surface area contributed by atoms with E-state index in [0.29, 0.717) is 23.6 Å². The van der Waals surface area contributed by atoms with Crippen LogP contribution in [0.2, 0.25) is 0 Å². The summed E-state index contributed by atoms with van der Waals surface area (Å²) in [5.41, 5.74) is 7.23. The summed E-state index contributed by atoms with van der Waals surface area (Å²) in [5, 5.41) is 0. The average Bonchev–Trinajstić information content (AvgIpc) is 2.46. The number of pyridine rings is 1. The van der Waals surface area contributed by atoms with Crippen molar-refractivity contribution in [1.29, 1.82) is 0 Å². The van der Waals surface area contributed by atoms with E-state index in [1.165, 1.54) is 0 Å². The van der Waals surface area contributed by atoms with Crippen molar-refractivity contribution in [3.05, 3.63) is 29.6 Å². The highest BCUT2D eigenvalue weighted by atomic mass is 32.1. The Balaban J connectivity index is 1.97. The lowest BCUT2D eigenvalue weighted by atomic mass is 10.1. The highest BCUT2D eigenvalue weighted by molar-refractivity contribution is 7.80. The van der Waals surface area contributed by atoms with Crippen LogP contribution in [0.25, 0.3) is 0 Å². The fourth-order valence-electron chi connectivity index (χ4n) is 2.35. The predicted molar refractivity (Wildman–Crippen MR) is 82.7 cm³/mol. The van der Waals surface area contributed by atoms with Gasteiger partial charge < -0.3 is 10.6 Å². The van der Waals surface area contributed by atoms with Crippen LogP contribution in [-0.2, 0) is 0 Å². The fraction of sp³-hybridized carbons (Fsp3) is 0.500. The summed E-state index contributed by atoms with van der Waals surface area (Å²) >= 11 is 5.02. The van der Waals surface area contributed by atoms with Gasteiger partial charge in [-0.1, -0.05) is 12.2 Å². The lowest BCUT2D eigenvalue weighted by Gasteiger charge is -2.37. The van der Waals surface area contributed by atoms with Crippen molar-refractivity contribution >= 4 is 23.1 Å². The van der Waals surface area contributed by atoms with E-state index in [0.717, 1.165) is 18.8 Å². The number of hydrogen-bond acceptors (Lipinski definition) is 4. The van der Waals surface area contributed by atoms with Crippen LogP contribution in [0.15, 0.2) is 18.3 Å². The molecule has 0 spiro atoms. The van der Waals surface area contributed by atoms with Gasteiger partial charge in [0.15, 0.2) is 0 Å². The minimum atomic E-state index is 0.0677. The van der Waals surface area contributed by atoms with Crippen molar-refractivity contribution in [3.63, 3.8) is 0 Å². The zero-order valence-corrected chi connectivity index (χ0v) is 12.7. The second-order valence-corrected chi connectivity index (χ2v) is 5.56. The number of rotatable bonds is 3. The van der Waals surface area contributed by atoms with E-state index in [-0.39, 0.29) is 11.9 Å². The van der Waals surface area contributed by atoms with Crippen LogP contribution < -0.4 is 5.73 Å². The van der Waals surface area contributed by atoms with Crippen LogP contribution in [-0.4, -0.2) is 57.9 Å². The maximum absolute atomic E-state index is 12.4. The highest BCUT2D eigenvalue weighted by Gasteiger charge is 2.25. The molecule has 1 saturated heterocycles. The smallest absolute Gasteiger partial charge is 0.254 e. The average molecular weight is 292 g/mol. The molecular weight excluding hydrogens is 272 g/mol. The van der Waals surface area contributed by atoms with Gasteiger partial charge in [-0.25, -0.2) is 0 Å². The molecule has 2 heterocycles. The van der Waals surface area contributed by atoms with E-state index in [4.69, 9.17) is 18.0 Å². The second kappa shape index (κ2) is 6.28. The molecule has 1 atom stereocenters. The van der Waals surface area contributed by atoms with E-state index in [2.05, 4.69) is 9.88 Å². The van der Waals surface area contributed by atoms with Crippen molar-refractivity contribution < 1.29 is 4.79 Å². The predicted octanol–water partition coefficient (Wildman–Crippen LogP) is 0.822. The summed E-state index contributed by atoms with van der Waals surface area (Å²) in [4.78, 5) is 21.1. The standard InChI is InChI=1S/C14H20N4OS/c1-10-9-12(3-4-16-10)14(19)18-7-5-17(6-8-18)11(2)13(15)20/h3-4,9,11H,5-8H2,1-2H3,(H2,15,20). The number of carbonyl (C=O) groups is 1. The molecule has 1 aliphatic rings. The number of nitrogens with zero attached hydrogens (tertiary/aromatic N) is 3. The van der Waals surface area contributed by atoms with Crippen molar-refractivity contribution in [2.24, 2.45) is 5.73 Å². The third-order valence-corrected chi connectivity index (χ3v) is 4.05. The van der Waals surface area contributed by atoms with E-state index >= 15 is 0 Å². The van der Waals surface area contributed by atoms with Gasteiger partial charge in [0.25, 0.3) is 5.91 Å². The molecule has 0 bridgehead atoms. The van der Waals surface area contributed by atoms with E-state index < -0.39 is 0 Å². The molecule has 20 heavy (non-hydrogen) atoms. The van der Waals surface area contributed by atoms with Crippen LogP contribution in [0.4, 0.5) is 0 Å². The van der Waals surface area contributed by atoms with Crippen molar-refractivity contribution in [1.82, 2.24) is 14.8 Å². The number of aromatic nitrogens is 1. The zero-order valence-electron chi connectivity index (χ0n) is 11.9. The number of piperazine rings is 1. The molecule has 1 amide bonds. The first kappa shape index (κ1) is 14.9. The van der Waals surface area contributed by atoms with E-state index in [1.54, 1.807) is 12.3 Å². The Morgan fingerprint density at radius 1 is 1.40 bits per heavy atom. The molecule has 1 aromatic heterocycles. The van der Waals surface area contributed by atoms with Gasteiger partial charge in [-0.2, -0.15) is 0 Å². The molecule has 1 aromatic rings. The summed E-state index contributed by atoms with van der Waals surface area (Å²) in [5.74, 6) is 0.0677. The van der Waals surface area contributed by atoms with Gasteiger partial charge in [-0.3, -0.25) is 14.7 Å². The van der Waals surface area contributed by atoms with Gasteiger partial charge >= 0.3 is 0 Å². The molecule has 1 aliphatic heterocycles. The lowest BCUT2D eigenvalue weighted by molar-refractivity contribution is 0.0621. The molecule has 1 unspecified atom stereocenters. The van der Waals surface area contributed by atoms with Crippen LogP contribution in [0.5, 0.6) is 0 Å². The Labute approximate surface area is 124 Å². The van der Waals surface area contributed by atoms with Crippen molar-refractivity contribution in [2.75, 3.05) is 26.2 Å². The van der Waals surface area contributed by atoms with Crippen LogP contribution in [0.3, 0.4) is 0 Å². The molecule has 0 radical (unpaired) electrons. The first-order valence-electron chi connectivity index (χ1n) is 6.74. The Kier molecular flexibility index (Phi) is 4.67. The topological polar surface area (TPSA) is 62.5 Å². The monoisotopic (exact) mass is 292 g/mol. The molecule has 6 heteroatoms. The quantitative estimate of drug-likeness (QED) is 0.836. The van der Waals surface area contributed by atoms with Gasteiger partial charge in [0.05, 0.1) is 11.0 Å². The summed E-state index contributed by atoms with van der Waals surface area (Å²) in [6.45, 7) is 6.90. The lowest BCUT2D eigenvalue weighted by Crippen LogP contribution is -2.53. The number of amides is 1. The molecule has 5 nitrogen and oxygen atoms in total. The van der Waals surface area contributed by atoms with Crippen LogP contribution in [0, 0.1) is 6.92 Å². The Morgan fingerprint density at radius 3 is 2.60 bits per heavy atom. The zero-order chi connectivity index (χ0) is 14.7. The molecule has 1 fully saturated rings. The van der Waals surface area contributed by atoms with Crippen LogP contribution in [0.1, 0.15) is 23.0 Å². The van der Waals surface area contributed by atoms with Gasteiger partial charge in [0, 0.05) is 43.6 Å². The molecule has 2 N–H and O–H groups in total. The van der Waals surface area contributed by atoms with Crippen LogP contribution >= 0.6 is 12.2 Å². The van der Waals surface area contributed by atoms with Gasteiger partial charge in [0.2, 0.25) is 0 Å².